The molecule has 7 nitrogen and oxygen atoms in total. The molecule has 1 heterocycles. The van der Waals surface area contributed by atoms with Gasteiger partial charge in [0.1, 0.15) is 0 Å². The van der Waals surface area contributed by atoms with Gasteiger partial charge < -0.3 is 19.9 Å². The number of hydrogen-bond acceptors (Lipinski definition) is 5. The number of hydrogen-bond donors (Lipinski definition) is 2. The molecule has 7 heteroatoms. The molecule has 0 aromatic heterocycles. The number of carboxylic acids is 1. The quantitative estimate of drug-likeness (QED) is 0.576. The lowest BCUT2D eigenvalue weighted by atomic mass is 9.86. The molecule has 2 N–H and O–H groups in total. The molecule has 172 valence electrons. The summed E-state index contributed by atoms with van der Waals surface area (Å²) in [5, 5.41) is 11.9. The molecular formula is C24H35NO6. The van der Waals surface area contributed by atoms with Crippen LogP contribution in [0.25, 0.3) is 0 Å². The second kappa shape index (κ2) is 10.4. The molecule has 1 aliphatic rings. The van der Waals surface area contributed by atoms with E-state index in [1.165, 1.54) is 13.8 Å². The second-order valence-corrected chi connectivity index (χ2v) is 9.49. The van der Waals surface area contributed by atoms with Crippen molar-refractivity contribution in [3.8, 4) is 0 Å². The summed E-state index contributed by atoms with van der Waals surface area (Å²) in [5.41, 5.74) is 1.70. The van der Waals surface area contributed by atoms with E-state index < -0.39 is 17.8 Å². The van der Waals surface area contributed by atoms with E-state index >= 15 is 0 Å². The summed E-state index contributed by atoms with van der Waals surface area (Å²) in [5.74, 6) is -2.88. The predicted octanol–water partition coefficient (Wildman–Crippen LogP) is 3.70. The molecule has 2 rings (SSSR count). The van der Waals surface area contributed by atoms with Crippen molar-refractivity contribution >= 4 is 17.7 Å². The number of aliphatic carboxylic acids is 1. The van der Waals surface area contributed by atoms with Crippen molar-refractivity contribution in [2.45, 2.75) is 77.5 Å². The molecule has 1 fully saturated rings. The van der Waals surface area contributed by atoms with Crippen LogP contribution < -0.4 is 5.32 Å². The van der Waals surface area contributed by atoms with E-state index in [0.717, 1.165) is 24.8 Å². The molecule has 0 spiro atoms. The maximum atomic E-state index is 12.6. The Morgan fingerprint density at radius 3 is 2.19 bits per heavy atom. The van der Waals surface area contributed by atoms with Crippen LogP contribution in [0.5, 0.6) is 0 Å². The highest BCUT2D eigenvalue weighted by molar-refractivity contribution is 5.97. The molecule has 1 aromatic rings. The Bertz CT molecular complexity index is 772. The average Bonchev–Trinajstić information content (AvgIpc) is 2.70. The van der Waals surface area contributed by atoms with Gasteiger partial charge >= 0.3 is 5.97 Å². The predicted molar refractivity (Wildman–Crippen MR) is 117 cm³/mol. The normalized spacial score (nSPS) is 22.5. The van der Waals surface area contributed by atoms with Crippen molar-refractivity contribution in [2.24, 2.45) is 5.92 Å². The number of ketones is 1. The van der Waals surface area contributed by atoms with Crippen LogP contribution in [0.4, 0.5) is 0 Å². The number of carbonyl (C=O) groups excluding carboxylic acids is 2. The Hall–Kier alpha value is -2.25. The van der Waals surface area contributed by atoms with Crippen LogP contribution in [0.3, 0.4) is 0 Å². The Labute approximate surface area is 184 Å². The molecule has 1 aromatic carbocycles. The maximum Gasteiger partial charge on any atom is 0.364 e. The van der Waals surface area contributed by atoms with Crippen molar-refractivity contribution in [1.29, 1.82) is 0 Å². The number of rotatable bonds is 9. The Morgan fingerprint density at radius 1 is 1.13 bits per heavy atom. The van der Waals surface area contributed by atoms with Gasteiger partial charge in [-0.25, -0.2) is 4.79 Å². The molecule has 1 saturated heterocycles. The number of amides is 1. The molecule has 1 atom stereocenters. The zero-order valence-corrected chi connectivity index (χ0v) is 19.2. The van der Waals surface area contributed by atoms with Gasteiger partial charge in [-0.1, -0.05) is 45.7 Å². The SMILES string of the molecule is CC(=O)C(CCCCC1COC(C)(C(=O)O)OC1)NC(=O)c1ccc(C(C)(C)C)cc1. The van der Waals surface area contributed by atoms with Crippen LogP contribution in [0.2, 0.25) is 0 Å². The van der Waals surface area contributed by atoms with Gasteiger partial charge in [-0.15, -0.1) is 0 Å². The molecule has 31 heavy (non-hydrogen) atoms. The first-order valence-electron chi connectivity index (χ1n) is 10.9. The number of benzene rings is 1. The summed E-state index contributed by atoms with van der Waals surface area (Å²) in [6.07, 6.45) is 2.96. The van der Waals surface area contributed by atoms with Crippen LogP contribution in [0, 0.1) is 5.92 Å². The van der Waals surface area contributed by atoms with E-state index in [9.17, 15) is 14.4 Å². The molecule has 0 saturated carbocycles. The van der Waals surface area contributed by atoms with Crippen LogP contribution in [0.1, 0.15) is 76.2 Å². The average molecular weight is 434 g/mol. The monoisotopic (exact) mass is 433 g/mol. The minimum Gasteiger partial charge on any atom is -0.477 e. The summed E-state index contributed by atoms with van der Waals surface area (Å²) in [6, 6.07) is 6.95. The third-order valence-corrected chi connectivity index (χ3v) is 5.74. The molecular weight excluding hydrogens is 398 g/mol. The van der Waals surface area contributed by atoms with Gasteiger partial charge in [0.15, 0.2) is 5.78 Å². The fourth-order valence-corrected chi connectivity index (χ4v) is 3.46. The fourth-order valence-electron chi connectivity index (χ4n) is 3.46. The van der Waals surface area contributed by atoms with Crippen LogP contribution in [0.15, 0.2) is 24.3 Å². The van der Waals surface area contributed by atoms with E-state index in [-0.39, 0.29) is 23.0 Å². The van der Waals surface area contributed by atoms with Gasteiger partial charge in [-0.05, 0) is 42.9 Å². The van der Waals surface area contributed by atoms with Gasteiger partial charge in [0.05, 0.1) is 19.3 Å². The summed E-state index contributed by atoms with van der Waals surface area (Å²) in [4.78, 5) is 35.7. The number of unbranched alkanes of at least 4 members (excludes halogenated alkanes) is 1. The van der Waals surface area contributed by atoms with Crippen molar-refractivity contribution in [3.05, 3.63) is 35.4 Å². The third kappa shape index (κ3) is 7.14. The van der Waals surface area contributed by atoms with E-state index in [1.54, 1.807) is 12.1 Å². The van der Waals surface area contributed by atoms with Crippen molar-refractivity contribution < 1.29 is 29.0 Å². The highest BCUT2D eigenvalue weighted by atomic mass is 16.7. The zero-order valence-electron chi connectivity index (χ0n) is 19.2. The zero-order chi connectivity index (χ0) is 23.2. The van der Waals surface area contributed by atoms with Crippen molar-refractivity contribution in [1.82, 2.24) is 5.32 Å². The maximum absolute atomic E-state index is 12.6. The van der Waals surface area contributed by atoms with Crippen molar-refractivity contribution in [2.75, 3.05) is 13.2 Å². The molecule has 1 unspecified atom stereocenters. The van der Waals surface area contributed by atoms with Gasteiger partial charge in [-0.3, -0.25) is 9.59 Å². The minimum absolute atomic E-state index is 0.0115. The van der Waals surface area contributed by atoms with Crippen LogP contribution in [-0.4, -0.2) is 47.8 Å². The number of ether oxygens (including phenoxy) is 2. The van der Waals surface area contributed by atoms with E-state index in [4.69, 9.17) is 14.6 Å². The lowest BCUT2D eigenvalue weighted by Gasteiger charge is -2.34. The standard InChI is InChI=1S/C24H35NO6/c1-16(26)20(25-21(27)18-10-12-19(13-11-18)23(2,3)4)9-7-6-8-17-14-30-24(5,22(28)29)31-15-17/h10-13,17,20H,6-9,14-15H2,1-5H3,(H,25,27)(H,28,29). The molecule has 0 radical (unpaired) electrons. The van der Waals surface area contributed by atoms with E-state index in [1.807, 2.05) is 12.1 Å². The molecule has 1 amide bonds. The molecule has 1 aliphatic heterocycles. The molecule has 0 aliphatic carbocycles. The van der Waals surface area contributed by atoms with Gasteiger partial charge in [-0.2, -0.15) is 0 Å². The van der Waals surface area contributed by atoms with Crippen molar-refractivity contribution in [3.63, 3.8) is 0 Å². The van der Waals surface area contributed by atoms with Crippen LogP contribution >= 0.6 is 0 Å². The summed E-state index contributed by atoms with van der Waals surface area (Å²) < 4.78 is 10.7. The van der Waals surface area contributed by atoms with Gasteiger partial charge in [0, 0.05) is 18.4 Å². The lowest BCUT2D eigenvalue weighted by molar-refractivity contribution is -0.271. The first-order chi connectivity index (χ1) is 14.4. The number of carboxylic acid groups (broad SMARTS) is 1. The topological polar surface area (TPSA) is 102 Å². The summed E-state index contributed by atoms with van der Waals surface area (Å²) >= 11 is 0. The van der Waals surface area contributed by atoms with E-state index in [0.29, 0.717) is 25.2 Å². The second-order valence-electron chi connectivity index (χ2n) is 9.49. The van der Waals surface area contributed by atoms with E-state index in [2.05, 4.69) is 26.1 Å². The smallest absolute Gasteiger partial charge is 0.364 e. The Morgan fingerprint density at radius 2 is 1.71 bits per heavy atom. The molecule has 0 bridgehead atoms. The fraction of sp³-hybridized carbons (Fsp3) is 0.625. The summed E-state index contributed by atoms with van der Waals surface area (Å²) in [6.45, 7) is 9.91. The van der Waals surface area contributed by atoms with Gasteiger partial charge in [0.2, 0.25) is 0 Å². The number of Topliss-reactive ketones (excluding diaryl/α,β-unsaturated/α-hetero) is 1. The van der Waals surface area contributed by atoms with Crippen LogP contribution in [-0.2, 0) is 24.5 Å². The summed E-state index contributed by atoms with van der Waals surface area (Å²) in [7, 11) is 0. The highest BCUT2D eigenvalue weighted by Gasteiger charge is 2.40. The van der Waals surface area contributed by atoms with Gasteiger partial charge in [0.25, 0.3) is 11.7 Å². The first kappa shape index (κ1) is 25.0. The largest absolute Gasteiger partial charge is 0.477 e. The minimum atomic E-state index is -1.56. The lowest BCUT2D eigenvalue weighted by Crippen LogP contribution is -2.47. The third-order valence-electron chi connectivity index (χ3n) is 5.74. The number of carbonyl (C=O) groups is 3. The Balaban J connectivity index is 1.78. The highest BCUT2D eigenvalue weighted by Crippen LogP contribution is 2.25. The number of nitrogens with one attached hydrogen (secondary N) is 1. The Kier molecular flexibility index (Phi) is 8.37. The first-order valence-corrected chi connectivity index (χ1v) is 10.9.